The van der Waals surface area contributed by atoms with E-state index in [0.29, 0.717) is 36.7 Å². The smallest absolute Gasteiger partial charge is 0.279 e. The summed E-state index contributed by atoms with van der Waals surface area (Å²) >= 11 is 1.28. The van der Waals surface area contributed by atoms with Crippen LogP contribution in [0.1, 0.15) is 43.5 Å². The van der Waals surface area contributed by atoms with Crippen molar-refractivity contribution >= 4 is 37.3 Å². The van der Waals surface area contributed by atoms with Crippen molar-refractivity contribution in [1.29, 1.82) is 0 Å². The fourth-order valence-electron chi connectivity index (χ4n) is 3.27. The SMILES string of the molecule is CCCCCOc1ccc(C(=O)N=c2sc3cc(S(C)(=O)=O)ccc3n2CCOCC)cc1. The molecule has 1 amide bonds. The summed E-state index contributed by atoms with van der Waals surface area (Å²) in [6, 6.07) is 11.9. The van der Waals surface area contributed by atoms with Crippen LogP contribution in [0.15, 0.2) is 52.4 Å². The molecule has 1 aromatic heterocycles. The summed E-state index contributed by atoms with van der Waals surface area (Å²) < 4.78 is 37.7. The molecule has 0 radical (unpaired) electrons. The summed E-state index contributed by atoms with van der Waals surface area (Å²) in [6.45, 7) is 6.26. The predicted molar refractivity (Wildman–Crippen MR) is 131 cm³/mol. The van der Waals surface area contributed by atoms with E-state index in [-0.39, 0.29) is 10.8 Å². The van der Waals surface area contributed by atoms with Gasteiger partial charge in [0.05, 0.1) is 28.3 Å². The average Bonchev–Trinajstić information content (AvgIpc) is 3.13. The number of carbonyl (C=O) groups is 1. The number of sulfone groups is 1. The van der Waals surface area contributed by atoms with Crippen LogP contribution in [0.25, 0.3) is 10.2 Å². The van der Waals surface area contributed by atoms with Gasteiger partial charge >= 0.3 is 0 Å². The van der Waals surface area contributed by atoms with Crippen LogP contribution >= 0.6 is 11.3 Å². The molecule has 178 valence electrons. The summed E-state index contributed by atoms with van der Waals surface area (Å²) in [4.78, 5) is 18.0. The Bertz CT molecular complexity index is 1260. The zero-order valence-corrected chi connectivity index (χ0v) is 20.9. The number of hydrogen-bond donors (Lipinski definition) is 0. The Morgan fingerprint density at radius 2 is 1.82 bits per heavy atom. The average molecular weight is 491 g/mol. The van der Waals surface area contributed by atoms with Crippen molar-refractivity contribution in [1.82, 2.24) is 4.57 Å². The van der Waals surface area contributed by atoms with Crippen LogP contribution in [-0.4, -0.2) is 45.0 Å². The van der Waals surface area contributed by atoms with E-state index in [1.807, 2.05) is 11.5 Å². The van der Waals surface area contributed by atoms with Crippen molar-refractivity contribution in [2.24, 2.45) is 4.99 Å². The first kappa shape index (κ1) is 25.1. The first-order chi connectivity index (χ1) is 15.8. The number of fused-ring (bicyclic) bond motifs is 1. The highest BCUT2D eigenvalue weighted by Crippen LogP contribution is 2.22. The molecule has 9 heteroatoms. The second kappa shape index (κ2) is 11.6. The lowest BCUT2D eigenvalue weighted by molar-refractivity contribution is 0.0996. The van der Waals surface area contributed by atoms with Crippen molar-refractivity contribution in [3.8, 4) is 5.75 Å². The van der Waals surface area contributed by atoms with E-state index in [0.717, 1.165) is 35.2 Å². The van der Waals surface area contributed by atoms with Crippen LogP contribution in [0.4, 0.5) is 0 Å². The standard InChI is InChI=1S/C24H30N2O5S2/c1-4-6-7-15-31-19-10-8-18(9-11-19)23(27)25-24-26(14-16-30-5-2)21-13-12-20(33(3,28)29)17-22(21)32-24/h8-13,17H,4-7,14-16H2,1-3H3. The fraction of sp³-hybridized carbons (Fsp3) is 0.417. The van der Waals surface area contributed by atoms with Crippen molar-refractivity contribution in [2.75, 3.05) is 26.1 Å². The van der Waals surface area contributed by atoms with Crippen LogP contribution in [-0.2, 0) is 21.1 Å². The van der Waals surface area contributed by atoms with E-state index < -0.39 is 9.84 Å². The number of thiazole rings is 1. The molecule has 0 spiro atoms. The van der Waals surface area contributed by atoms with Gasteiger partial charge in [0, 0.05) is 25.0 Å². The Kier molecular flexibility index (Phi) is 8.82. The molecule has 0 N–H and O–H groups in total. The zero-order chi connectivity index (χ0) is 23.8. The molecule has 0 bridgehead atoms. The molecule has 0 unspecified atom stereocenters. The molecule has 1 heterocycles. The van der Waals surface area contributed by atoms with Gasteiger partial charge in [-0.3, -0.25) is 4.79 Å². The van der Waals surface area contributed by atoms with Crippen LogP contribution < -0.4 is 9.54 Å². The third-order valence-electron chi connectivity index (χ3n) is 5.06. The first-order valence-electron chi connectivity index (χ1n) is 11.1. The van der Waals surface area contributed by atoms with Gasteiger partial charge in [0.2, 0.25) is 0 Å². The molecule has 0 aliphatic heterocycles. The molecule has 0 atom stereocenters. The fourth-order valence-corrected chi connectivity index (χ4v) is 5.09. The van der Waals surface area contributed by atoms with Gasteiger partial charge < -0.3 is 14.0 Å². The molecule has 3 aromatic rings. The summed E-state index contributed by atoms with van der Waals surface area (Å²) in [5, 5.41) is 0. The Morgan fingerprint density at radius 1 is 1.06 bits per heavy atom. The van der Waals surface area contributed by atoms with Crippen molar-refractivity contribution < 1.29 is 22.7 Å². The lowest BCUT2D eigenvalue weighted by atomic mass is 10.2. The molecular formula is C24H30N2O5S2. The Hall–Kier alpha value is -2.49. The lowest BCUT2D eigenvalue weighted by Crippen LogP contribution is -2.19. The normalized spacial score (nSPS) is 12.4. The molecule has 3 rings (SSSR count). The molecule has 0 saturated heterocycles. The van der Waals surface area contributed by atoms with Crippen LogP contribution in [0.5, 0.6) is 5.75 Å². The summed E-state index contributed by atoms with van der Waals surface area (Å²) in [5.74, 6) is 0.359. The molecule has 0 aliphatic carbocycles. The molecular weight excluding hydrogens is 460 g/mol. The number of ether oxygens (including phenoxy) is 2. The number of rotatable bonds is 11. The lowest BCUT2D eigenvalue weighted by Gasteiger charge is -2.06. The molecule has 2 aromatic carbocycles. The number of benzene rings is 2. The molecule has 0 fully saturated rings. The van der Waals surface area contributed by atoms with E-state index in [1.54, 1.807) is 42.5 Å². The quantitative estimate of drug-likeness (QED) is 0.371. The number of hydrogen-bond acceptors (Lipinski definition) is 6. The maximum atomic E-state index is 12.9. The minimum Gasteiger partial charge on any atom is -0.494 e. The second-order valence-electron chi connectivity index (χ2n) is 7.63. The van der Waals surface area contributed by atoms with Gasteiger partial charge in [-0.2, -0.15) is 4.99 Å². The van der Waals surface area contributed by atoms with Crippen LogP contribution in [0.2, 0.25) is 0 Å². The zero-order valence-electron chi connectivity index (χ0n) is 19.2. The van der Waals surface area contributed by atoms with E-state index >= 15 is 0 Å². The Balaban J connectivity index is 1.90. The van der Waals surface area contributed by atoms with Gasteiger partial charge in [-0.1, -0.05) is 31.1 Å². The van der Waals surface area contributed by atoms with Crippen molar-refractivity contribution in [3.63, 3.8) is 0 Å². The summed E-state index contributed by atoms with van der Waals surface area (Å²) in [6.07, 6.45) is 4.44. The van der Waals surface area contributed by atoms with E-state index in [1.165, 1.54) is 17.6 Å². The topological polar surface area (TPSA) is 87.0 Å². The van der Waals surface area contributed by atoms with Gasteiger partial charge in [-0.05, 0) is 55.8 Å². The molecule has 33 heavy (non-hydrogen) atoms. The van der Waals surface area contributed by atoms with E-state index in [4.69, 9.17) is 9.47 Å². The highest BCUT2D eigenvalue weighted by molar-refractivity contribution is 7.90. The van der Waals surface area contributed by atoms with E-state index in [2.05, 4.69) is 11.9 Å². The van der Waals surface area contributed by atoms with Gasteiger partial charge in [-0.15, -0.1) is 0 Å². The van der Waals surface area contributed by atoms with Gasteiger partial charge in [0.25, 0.3) is 5.91 Å². The van der Waals surface area contributed by atoms with Crippen molar-refractivity contribution in [2.45, 2.75) is 44.6 Å². The number of nitrogens with zero attached hydrogens (tertiary/aromatic N) is 2. The highest BCUT2D eigenvalue weighted by atomic mass is 32.2. The minimum atomic E-state index is -3.34. The van der Waals surface area contributed by atoms with Gasteiger partial charge in [0.15, 0.2) is 14.6 Å². The second-order valence-corrected chi connectivity index (χ2v) is 10.7. The van der Waals surface area contributed by atoms with E-state index in [9.17, 15) is 13.2 Å². The molecule has 7 nitrogen and oxygen atoms in total. The molecule has 0 saturated carbocycles. The minimum absolute atomic E-state index is 0.237. The predicted octanol–water partition coefficient (Wildman–Crippen LogP) is 4.45. The van der Waals surface area contributed by atoms with Gasteiger partial charge in [0.1, 0.15) is 5.75 Å². The van der Waals surface area contributed by atoms with Crippen LogP contribution in [0, 0.1) is 0 Å². The molecule has 0 aliphatic rings. The van der Waals surface area contributed by atoms with Gasteiger partial charge in [-0.25, -0.2) is 8.42 Å². The number of aromatic nitrogens is 1. The maximum absolute atomic E-state index is 12.9. The third kappa shape index (κ3) is 6.75. The maximum Gasteiger partial charge on any atom is 0.279 e. The largest absolute Gasteiger partial charge is 0.494 e. The summed E-state index contributed by atoms with van der Waals surface area (Å²) in [5.41, 5.74) is 1.27. The highest BCUT2D eigenvalue weighted by Gasteiger charge is 2.13. The number of amides is 1. The first-order valence-corrected chi connectivity index (χ1v) is 13.8. The van der Waals surface area contributed by atoms with Crippen molar-refractivity contribution in [3.05, 3.63) is 52.8 Å². The van der Waals surface area contributed by atoms with Crippen LogP contribution in [0.3, 0.4) is 0 Å². The third-order valence-corrected chi connectivity index (χ3v) is 7.21. The number of unbranched alkanes of at least 4 members (excludes halogenated alkanes) is 2. The summed E-state index contributed by atoms with van der Waals surface area (Å²) in [7, 11) is -3.34. The Labute approximate surface area is 198 Å². The Morgan fingerprint density at radius 3 is 2.48 bits per heavy atom. The number of carbonyl (C=O) groups excluding carboxylic acids is 1. The monoisotopic (exact) mass is 490 g/mol.